The predicted molar refractivity (Wildman–Crippen MR) is 98.8 cm³/mol. The summed E-state index contributed by atoms with van der Waals surface area (Å²) in [4.78, 5) is 22.5. The summed E-state index contributed by atoms with van der Waals surface area (Å²) in [7, 11) is 3.87. The average molecular weight is 344 g/mol. The molecule has 0 bridgehead atoms. The maximum Gasteiger partial charge on any atom is 0.252 e. The lowest BCUT2D eigenvalue weighted by Crippen LogP contribution is -2.36. The number of pyridine rings is 1. The lowest BCUT2D eigenvalue weighted by atomic mass is 10.2. The molecule has 3 heterocycles. The number of amides is 1. The van der Waals surface area contributed by atoms with Crippen molar-refractivity contribution in [2.75, 3.05) is 38.6 Å². The van der Waals surface area contributed by atoms with Crippen molar-refractivity contribution >= 4 is 23.1 Å². The zero-order valence-corrected chi connectivity index (χ0v) is 15.1. The van der Waals surface area contributed by atoms with Crippen molar-refractivity contribution in [2.45, 2.75) is 18.9 Å². The molecule has 1 N–H and O–H groups in total. The van der Waals surface area contributed by atoms with E-state index in [-0.39, 0.29) is 11.9 Å². The summed E-state index contributed by atoms with van der Waals surface area (Å²) in [6.45, 7) is 2.85. The van der Waals surface area contributed by atoms with Crippen molar-refractivity contribution in [1.82, 2.24) is 15.2 Å². The molecule has 1 saturated heterocycles. The average Bonchev–Trinajstić information content (AvgIpc) is 3.29. The van der Waals surface area contributed by atoms with E-state index in [2.05, 4.69) is 32.7 Å². The van der Waals surface area contributed by atoms with Gasteiger partial charge in [-0.25, -0.2) is 4.98 Å². The van der Waals surface area contributed by atoms with Gasteiger partial charge in [0.1, 0.15) is 5.82 Å². The van der Waals surface area contributed by atoms with Crippen LogP contribution in [0, 0.1) is 0 Å². The molecular weight excluding hydrogens is 320 g/mol. The third-order valence-electron chi connectivity index (χ3n) is 4.38. The van der Waals surface area contributed by atoms with E-state index in [0.29, 0.717) is 12.1 Å². The summed E-state index contributed by atoms with van der Waals surface area (Å²) in [5.41, 5.74) is 0.604. The Bertz CT molecular complexity index is 648. The minimum absolute atomic E-state index is 0.0615. The fourth-order valence-corrected chi connectivity index (χ4v) is 3.88. The van der Waals surface area contributed by atoms with Crippen molar-refractivity contribution in [2.24, 2.45) is 0 Å². The maximum atomic E-state index is 12.4. The van der Waals surface area contributed by atoms with Crippen molar-refractivity contribution in [3.05, 3.63) is 46.3 Å². The van der Waals surface area contributed by atoms with Gasteiger partial charge in [0, 0.05) is 31.7 Å². The highest BCUT2D eigenvalue weighted by Gasteiger charge is 2.24. The molecule has 1 atom stereocenters. The van der Waals surface area contributed by atoms with Gasteiger partial charge in [-0.1, -0.05) is 6.07 Å². The first-order chi connectivity index (χ1) is 11.6. The molecule has 2 aromatic rings. The number of rotatable bonds is 6. The molecule has 0 aliphatic carbocycles. The van der Waals surface area contributed by atoms with Gasteiger partial charge in [0.15, 0.2) is 0 Å². The number of likely N-dealkylation sites (tertiary alicyclic amines) is 1. The highest BCUT2D eigenvalue weighted by atomic mass is 32.1. The van der Waals surface area contributed by atoms with Gasteiger partial charge >= 0.3 is 0 Å². The lowest BCUT2D eigenvalue weighted by Gasteiger charge is -2.26. The normalized spacial score (nSPS) is 16.1. The van der Waals surface area contributed by atoms with Crippen molar-refractivity contribution in [3.8, 4) is 0 Å². The Morgan fingerprint density at radius 1 is 1.33 bits per heavy atom. The number of nitrogens with one attached hydrogen (secondary N) is 1. The fraction of sp³-hybridized carbons (Fsp3) is 0.444. The molecule has 5 nitrogen and oxygen atoms in total. The Morgan fingerprint density at radius 3 is 2.71 bits per heavy atom. The summed E-state index contributed by atoms with van der Waals surface area (Å²) >= 11 is 1.76. The van der Waals surface area contributed by atoms with E-state index in [1.165, 1.54) is 17.7 Å². The monoisotopic (exact) mass is 344 g/mol. The second-order valence-corrected chi connectivity index (χ2v) is 7.26. The van der Waals surface area contributed by atoms with Crippen LogP contribution in [0.25, 0.3) is 0 Å². The van der Waals surface area contributed by atoms with Crippen LogP contribution in [-0.2, 0) is 0 Å². The van der Waals surface area contributed by atoms with Crippen LogP contribution in [-0.4, -0.2) is 49.5 Å². The predicted octanol–water partition coefficient (Wildman–Crippen LogP) is 2.78. The van der Waals surface area contributed by atoms with E-state index in [1.807, 2.05) is 31.1 Å². The minimum atomic E-state index is -0.0615. The molecule has 1 fully saturated rings. The molecule has 1 aliphatic heterocycles. The molecule has 3 rings (SSSR count). The summed E-state index contributed by atoms with van der Waals surface area (Å²) in [5, 5.41) is 5.19. The molecule has 0 saturated carbocycles. The van der Waals surface area contributed by atoms with Gasteiger partial charge in [-0.3, -0.25) is 9.69 Å². The summed E-state index contributed by atoms with van der Waals surface area (Å²) in [5.74, 6) is 0.786. The van der Waals surface area contributed by atoms with Crippen LogP contribution in [0.4, 0.5) is 5.82 Å². The van der Waals surface area contributed by atoms with Crippen LogP contribution in [0.1, 0.15) is 34.1 Å². The number of anilines is 1. The Balaban J connectivity index is 1.64. The number of hydrogen-bond acceptors (Lipinski definition) is 5. The summed E-state index contributed by atoms with van der Waals surface area (Å²) in [6.07, 6.45) is 4.12. The Hall–Kier alpha value is -1.92. The van der Waals surface area contributed by atoms with Gasteiger partial charge < -0.3 is 10.2 Å². The van der Waals surface area contributed by atoms with Gasteiger partial charge in [-0.05, 0) is 49.5 Å². The zero-order chi connectivity index (χ0) is 16.9. The van der Waals surface area contributed by atoms with Gasteiger partial charge in [0.05, 0.1) is 11.6 Å². The first-order valence-corrected chi connectivity index (χ1v) is 9.22. The highest BCUT2D eigenvalue weighted by molar-refractivity contribution is 7.10. The molecule has 2 aromatic heterocycles. The second-order valence-electron chi connectivity index (χ2n) is 6.28. The van der Waals surface area contributed by atoms with Crippen molar-refractivity contribution < 1.29 is 4.79 Å². The first kappa shape index (κ1) is 16.9. The first-order valence-electron chi connectivity index (χ1n) is 8.34. The molecule has 0 spiro atoms. The quantitative estimate of drug-likeness (QED) is 0.875. The molecule has 128 valence electrons. The molecule has 6 heteroatoms. The number of thiophene rings is 1. The highest BCUT2D eigenvalue weighted by Crippen LogP contribution is 2.27. The van der Waals surface area contributed by atoms with Gasteiger partial charge in [0.2, 0.25) is 0 Å². The summed E-state index contributed by atoms with van der Waals surface area (Å²) < 4.78 is 0. The van der Waals surface area contributed by atoms with E-state index in [0.717, 1.165) is 18.9 Å². The van der Waals surface area contributed by atoms with Crippen LogP contribution in [0.5, 0.6) is 0 Å². The molecule has 1 amide bonds. The largest absolute Gasteiger partial charge is 0.363 e. The smallest absolute Gasteiger partial charge is 0.252 e. The number of carbonyl (C=O) groups excluding carboxylic acids is 1. The van der Waals surface area contributed by atoms with Crippen LogP contribution in [0.15, 0.2) is 35.8 Å². The summed E-state index contributed by atoms with van der Waals surface area (Å²) in [6, 6.07) is 8.20. The number of hydrogen-bond donors (Lipinski definition) is 1. The van der Waals surface area contributed by atoms with E-state index in [1.54, 1.807) is 17.5 Å². The van der Waals surface area contributed by atoms with Gasteiger partial charge in [0.25, 0.3) is 5.91 Å². The number of aromatic nitrogens is 1. The number of carbonyl (C=O) groups is 1. The third kappa shape index (κ3) is 3.94. The zero-order valence-electron chi connectivity index (χ0n) is 14.2. The van der Waals surface area contributed by atoms with Gasteiger partial charge in [-0.15, -0.1) is 11.3 Å². The third-order valence-corrected chi connectivity index (χ3v) is 5.35. The molecule has 0 radical (unpaired) electrons. The molecule has 0 aromatic carbocycles. The lowest BCUT2D eigenvalue weighted by molar-refractivity contribution is 0.0938. The van der Waals surface area contributed by atoms with Crippen LogP contribution < -0.4 is 10.2 Å². The second kappa shape index (κ2) is 7.77. The van der Waals surface area contributed by atoms with E-state index in [9.17, 15) is 4.79 Å². The van der Waals surface area contributed by atoms with E-state index >= 15 is 0 Å². The van der Waals surface area contributed by atoms with Crippen LogP contribution in [0.3, 0.4) is 0 Å². The Morgan fingerprint density at radius 2 is 2.12 bits per heavy atom. The molecular formula is C18H24N4OS. The van der Waals surface area contributed by atoms with Crippen molar-refractivity contribution in [3.63, 3.8) is 0 Å². The van der Waals surface area contributed by atoms with Crippen LogP contribution in [0.2, 0.25) is 0 Å². The fourth-order valence-electron chi connectivity index (χ4n) is 3.02. The molecule has 24 heavy (non-hydrogen) atoms. The molecule has 1 aliphatic rings. The van der Waals surface area contributed by atoms with Crippen molar-refractivity contribution in [1.29, 1.82) is 0 Å². The SMILES string of the molecule is CN(C)c1ccc(C(=O)NCC(c2cccs2)N2CCCC2)cn1. The standard InChI is InChI=1S/C18H24N4OS/c1-21(2)17-8-7-14(12-19-17)18(23)20-13-15(16-6-5-11-24-16)22-9-3-4-10-22/h5-8,11-12,15H,3-4,9-10,13H2,1-2H3,(H,20,23). The van der Waals surface area contributed by atoms with Crippen LogP contribution >= 0.6 is 11.3 Å². The Labute approximate surface area is 147 Å². The minimum Gasteiger partial charge on any atom is -0.363 e. The number of nitrogens with zero attached hydrogens (tertiary/aromatic N) is 3. The van der Waals surface area contributed by atoms with Gasteiger partial charge in [-0.2, -0.15) is 0 Å². The van der Waals surface area contributed by atoms with E-state index in [4.69, 9.17) is 0 Å². The maximum absolute atomic E-state index is 12.4. The topological polar surface area (TPSA) is 48.5 Å². The Kier molecular flexibility index (Phi) is 5.48. The van der Waals surface area contributed by atoms with E-state index < -0.39 is 0 Å². The molecule has 1 unspecified atom stereocenters.